The zero-order valence-electron chi connectivity index (χ0n) is 26.2. The van der Waals surface area contributed by atoms with Gasteiger partial charge in [-0.05, 0) is 86.7 Å². The van der Waals surface area contributed by atoms with Gasteiger partial charge < -0.3 is 14.4 Å². The summed E-state index contributed by atoms with van der Waals surface area (Å²) in [7, 11) is -3.17. The van der Waals surface area contributed by atoms with Crippen LogP contribution in [0.5, 0.6) is 11.5 Å². The Bertz CT molecular complexity index is 1750. The molecule has 1 aliphatic heterocycles. The van der Waals surface area contributed by atoms with Gasteiger partial charge in [0, 0.05) is 41.7 Å². The van der Waals surface area contributed by atoms with Crippen LogP contribution in [0.25, 0.3) is 16.9 Å². The van der Waals surface area contributed by atoms with Gasteiger partial charge in [0.05, 0.1) is 36.1 Å². The van der Waals surface area contributed by atoms with E-state index in [9.17, 15) is 13.2 Å². The number of carbonyl (C=O) groups is 1. The molecule has 2 fully saturated rings. The lowest BCUT2D eigenvalue weighted by Crippen LogP contribution is -2.41. The predicted molar refractivity (Wildman–Crippen MR) is 176 cm³/mol. The number of ether oxygens (including phenoxy) is 2. The highest BCUT2D eigenvalue weighted by molar-refractivity contribution is 7.91. The van der Waals surface area contributed by atoms with Gasteiger partial charge in [-0.3, -0.25) is 4.79 Å². The first-order valence-corrected chi connectivity index (χ1v) is 17.7. The monoisotopic (exact) mass is 627 g/mol. The van der Waals surface area contributed by atoms with Gasteiger partial charge in [0.25, 0.3) is 0 Å². The molecule has 0 radical (unpaired) electrons. The summed E-state index contributed by atoms with van der Waals surface area (Å²) < 4.78 is 38.4. The number of nitrogens with zero attached hydrogens (tertiary/aromatic N) is 3. The van der Waals surface area contributed by atoms with Crippen molar-refractivity contribution in [1.82, 2.24) is 14.7 Å². The molecule has 1 saturated carbocycles. The second kappa shape index (κ2) is 13.1. The predicted octanol–water partition coefficient (Wildman–Crippen LogP) is 6.35. The molecule has 8 nitrogen and oxygen atoms in total. The van der Waals surface area contributed by atoms with Crippen molar-refractivity contribution in [3.8, 4) is 28.4 Å². The van der Waals surface area contributed by atoms with Crippen molar-refractivity contribution in [2.75, 3.05) is 24.7 Å². The number of benzene rings is 3. The van der Waals surface area contributed by atoms with Gasteiger partial charge in [0.2, 0.25) is 5.91 Å². The SMILES string of the molecule is CCCOc1ccc(-c2nn(-c3ccccc3)cc2C2CC2C(=O)N(Cc2ccc(OCC)cc2)C2CCS(=O)(=O)C2)cc1C. The van der Waals surface area contributed by atoms with Gasteiger partial charge in [-0.1, -0.05) is 37.3 Å². The summed E-state index contributed by atoms with van der Waals surface area (Å²) in [5.74, 6) is 1.52. The van der Waals surface area contributed by atoms with Crippen molar-refractivity contribution in [1.29, 1.82) is 0 Å². The van der Waals surface area contributed by atoms with Gasteiger partial charge in [-0.2, -0.15) is 5.10 Å². The fourth-order valence-electron chi connectivity index (χ4n) is 6.25. The average molecular weight is 628 g/mol. The Morgan fingerprint density at radius 1 is 1.02 bits per heavy atom. The molecule has 0 bridgehead atoms. The number of carbonyl (C=O) groups excluding carboxylic acids is 1. The Morgan fingerprint density at radius 3 is 2.47 bits per heavy atom. The number of amides is 1. The Labute approximate surface area is 265 Å². The molecule has 0 spiro atoms. The highest BCUT2D eigenvalue weighted by atomic mass is 32.2. The summed E-state index contributed by atoms with van der Waals surface area (Å²) in [6, 6.07) is 23.5. The minimum atomic E-state index is -3.17. The summed E-state index contributed by atoms with van der Waals surface area (Å²) >= 11 is 0. The molecule has 3 unspecified atom stereocenters. The molecule has 1 aromatic heterocycles. The first-order chi connectivity index (χ1) is 21.8. The molecule has 1 amide bonds. The van der Waals surface area contributed by atoms with E-state index in [4.69, 9.17) is 14.6 Å². The van der Waals surface area contributed by atoms with E-state index >= 15 is 0 Å². The van der Waals surface area contributed by atoms with Crippen LogP contribution in [-0.4, -0.2) is 59.8 Å². The third-order valence-electron chi connectivity index (χ3n) is 8.70. The van der Waals surface area contributed by atoms with Crippen LogP contribution in [0.1, 0.15) is 55.7 Å². The van der Waals surface area contributed by atoms with E-state index in [1.54, 1.807) is 0 Å². The number of para-hydroxylation sites is 1. The molecule has 1 aliphatic carbocycles. The van der Waals surface area contributed by atoms with Crippen LogP contribution in [0.4, 0.5) is 0 Å². The van der Waals surface area contributed by atoms with Gasteiger partial charge in [-0.25, -0.2) is 13.1 Å². The van der Waals surface area contributed by atoms with Crippen LogP contribution in [0.15, 0.2) is 79.0 Å². The number of hydrogen-bond acceptors (Lipinski definition) is 6. The summed E-state index contributed by atoms with van der Waals surface area (Å²) in [4.78, 5) is 16.1. The fourth-order valence-corrected chi connectivity index (χ4v) is 7.98. The molecule has 3 aromatic carbocycles. The largest absolute Gasteiger partial charge is 0.494 e. The maximum absolute atomic E-state index is 14.2. The quantitative estimate of drug-likeness (QED) is 0.182. The Kier molecular flexibility index (Phi) is 8.99. The van der Waals surface area contributed by atoms with Crippen LogP contribution >= 0.6 is 0 Å². The van der Waals surface area contributed by atoms with E-state index < -0.39 is 9.84 Å². The third-order valence-corrected chi connectivity index (χ3v) is 10.5. The lowest BCUT2D eigenvalue weighted by molar-refractivity contribution is -0.135. The number of aryl methyl sites for hydroxylation is 1. The van der Waals surface area contributed by atoms with E-state index in [1.807, 2.05) is 90.2 Å². The maximum Gasteiger partial charge on any atom is 0.226 e. The van der Waals surface area contributed by atoms with Gasteiger partial charge in [-0.15, -0.1) is 0 Å². The number of hydrogen-bond donors (Lipinski definition) is 0. The van der Waals surface area contributed by atoms with Crippen molar-refractivity contribution >= 4 is 15.7 Å². The highest BCUT2D eigenvalue weighted by Crippen LogP contribution is 2.52. The number of aromatic nitrogens is 2. The minimum Gasteiger partial charge on any atom is -0.494 e. The molecule has 2 heterocycles. The van der Waals surface area contributed by atoms with Crippen molar-refractivity contribution in [2.24, 2.45) is 5.92 Å². The van der Waals surface area contributed by atoms with Crippen molar-refractivity contribution in [3.63, 3.8) is 0 Å². The molecule has 9 heteroatoms. The number of sulfone groups is 1. The molecule has 1 saturated heterocycles. The van der Waals surface area contributed by atoms with Gasteiger partial charge >= 0.3 is 0 Å². The zero-order chi connectivity index (χ0) is 31.6. The summed E-state index contributed by atoms with van der Waals surface area (Å²) in [5.41, 5.74) is 5.79. The zero-order valence-corrected chi connectivity index (χ0v) is 27.0. The summed E-state index contributed by atoms with van der Waals surface area (Å²) in [6.45, 7) is 7.67. The van der Waals surface area contributed by atoms with Gasteiger partial charge in [0.1, 0.15) is 11.5 Å². The lowest BCUT2D eigenvalue weighted by Gasteiger charge is -2.29. The van der Waals surface area contributed by atoms with Crippen molar-refractivity contribution in [2.45, 2.75) is 58.5 Å². The number of rotatable bonds is 12. The molecule has 236 valence electrons. The molecular weight excluding hydrogens is 586 g/mol. The minimum absolute atomic E-state index is 0.00823. The van der Waals surface area contributed by atoms with Crippen LogP contribution < -0.4 is 9.47 Å². The molecular formula is C36H41N3O5S. The Hall–Kier alpha value is -4.11. The smallest absolute Gasteiger partial charge is 0.226 e. The molecule has 0 N–H and O–H groups in total. The Morgan fingerprint density at radius 2 is 1.80 bits per heavy atom. The van der Waals surface area contributed by atoms with E-state index in [0.717, 1.165) is 51.6 Å². The average Bonchev–Trinajstić information content (AvgIpc) is 3.57. The van der Waals surface area contributed by atoms with Crippen LogP contribution in [0.3, 0.4) is 0 Å². The molecule has 6 rings (SSSR count). The lowest BCUT2D eigenvalue weighted by atomic mass is 10.0. The molecule has 45 heavy (non-hydrogen) atoms. The standard InChI is InChI=1S/C36H41N3O5S/c1-4-18-44-34-16-13-27(20-25(34)3)35-33(23-39(37-35)28-9-7-6-8-10-28)31-21-32(31)36(40)38(29-17-19-45(41,42)24-29)22-26-11-14-30(15-12-26)43-5-2/h6-16,20,23,29,31-32H,4-5,17-19,21-22,24H2,1-3H3. The van der Waals surface area contributed by atoms with Crippen molar-refractivity contribution in [3.05, 3.63) is 95.7 Å². The van der Waals surface area contributed by atoms with Crippen LogP contribution in [0, 0.1) is 12.8 Å². The fraction of sp³-hybridized carbons (Fsp3) is 0.389. The first kappa shape index (κ1) is 30.9. The van der Waals surface area contributed by atoms with Gasteiger partial charge in [0.15, 0.2) is 9.84 Å². The van der Waals surface area contributed by atoms with Crippen molar-refractivity contribution < 1.29 is 22.7 Å². The highest BCUT2D eigenvalue weighted by Gasteiger charge is 2.49. The summed E-state index contributed by atoms with van der Waals surface area (Å²) in [5, 5.41) is 5.03. The summed E-state index contributed by atoms with van der Waals surface area (Å²) in [6.07, 6.45) is 4.15. The second-order valence-corrected chi connectivity index (χ2v) is 14.3. The first-order valence-electron chi connectivity index (χ1n) is 15.9. The third kappa shape index (κ3) is 6.93. The van der Waals surface area contributed by atoms with Crippen LogP contribution in [-0.2, 0) is 21.2 Å². The van der Waals surface area contributed by atoms with E-state index in [1.165, 1.54) is 0 Å². The molecule has 4 aromatic rings. The maximum atomic E-state index is 14.2. The Balaban J connectivity index is 1.30. The normalized spacial score (nSPS) is 20.1. The van der Waals surface area contributed by atoms with E-state index in [2.05, 4.69) is 19.2 Å². The van der Waals surface area contributed by atoms with E-state index in [-0.39, 0.29) is 35.3 Å². The molecule has 2 aliphatic rings. The van der Waals surface area contributed by atoms with E-state index in [0.29, 0.717) is 32.6 Å². The molecule has 3 atom stereocenters. The topological polar surface area (TPSA) is 90.7 Å². The van der Waals surface area contributed by atoms with Crippen LogP contribution in [0.2, 0.25) is 0 Å². The second-order valence-electron chi connectivity index (χ2n) is 12.1.